The quantitative estimate of drug-likeness (QED) is 0.722. The second-order valence-corrected chi connectivity index (χ2v) is 4.69. The van der Waals surface area contributed by atoms with Crippen LogP contribution in [-0.2, 0) is 0 Å². The Morgan fingerprint density at radius 2 is 1.81 bits per heavy atom. The average Bonchev–Trinajstić information content (AvgIpc) is 2.50. The Kier molecular flexibility index (Phi) is 3.21. The molecule has 0 saturated heterocycles. The molecule has 0 radical (unpaired) electrons. The number of hydrogen-bond donors (Lipinski definition) is 1. The second-order valence-electron chi connectivity index (χ2n) is 4.69. The highest BCUT2D eigenvalue weighted by atomic mass is 19.1. The molecule has 1 N–H and O–H groups in total. The SMILES string of the molecule is Bc1ccc(-c2cc(O)cc(OC)c2F)c2nccnc12. The standard InChI is InChI=1S/C15H12BFN2O2/c1-21-12-7-8(20)6-10(13(12)17)9-2-3-11(16)15-14(9)18-4-5-19-15/h2-7,20H,16H2,1H3. The third-order valence-electron chi connectivity index (χ3n) is 3.36. The number of phenolic OH excluding ortho intramolecular Hbond substituents is 1. The largest absolute Gasteiger partial charge is 0.508 e. The first-order valence-electron chi connectivity index (χ1n) is 6.39. The predicted octanol–water partition coefficient (Wildman–Crippen LogP) is 1.41. The van der Waals surface area contributed by atoms with Crippen LogP contribution in [0.15, 0.2) is 36.7 Å². The van der Waals surface area contributed by atoms with Gasteiger partial charge in [-0.2, -0.15) is 0 Å². The number of hydrogen-bond acceptors (Lipinski definition) is 4. The molecule has 1 heterocycles. The van der Waals surface area contributed by atoms with E-state index < -0.39 is 5.82 Å². The van der Waals surface area contributed by atoms with Crippen molar-refractivity contribution in [2.45, 2.75) is 0 Å². The van der Waals surface area contributed by atoms with E-state index in [9.17, 15) is 9.50 Å². The van der Waals surface area contributed by atoms with Gasteiger partial charge in [0, 0.05) is 29.6 Å². The molecular weight excluding hydrogens is 270 g/mol. The van der Waals surface area contributed by atoms with Gasteiger partial charge >= 0.3 is 0 Å². The summed E-state index contributed by atoms with van der Waals surface area (Å²) in [4.78, 5) is 8.58. The molecule has 21 heavy (non-hydrogen) atoms. The maximum atomic E-state index is 14.5. The highest BCUT2D eigenvalue weighted by molar-refractivity contribution is 6.38. The summed E-state index contributed by atoms with van der Waals surface area (Å²) in [6.07, 6.45) is 3.15. The average molecular weight is 282 g/mol. The van der Waals surface area contributed by atoms with Gasteiger partial charge in [-0.25, -0.2) is 4.39 Å². The summed E-state index contributed by atoms with van der Waals surface area (Å²) in [5.74, 6) is -0.616. The molecule has 2 aromatic carbocycles. The molecule has 6 heteroatoms. The van der Waals surface area contributed by atoms with E-state index in [0.29, 0.717) is 16.6 Å². The molecule has 0 aliphatic carbocycles. The van der Waals surface area contributed by atoms with Crippen LogP contribution >= 0.6 is 0 Å². The molecule has 0 aliphatic rings. The first kappa shape index (κ1) is 13.4. The van der Waals surface area contributed by atoms with Crippen molar-refractivity contribution in [1.29, 1.82) is 0 Å². The lowest BCUT2D eigenvalue weighted by atomic mass is 9.91. The topological polar surface area (TPSA) is 55.2 Å². The highest BCUT2D eigenvalue weighted by Gasteiger charge is 2.16. The van der Waals surface area contributed by atoms with Crippen LogP contribution in [0.5, 0.6) is 11.5 Å². The number of fused-ring (bicyclic) bond motifs is 1. The maximum Gasteiger partial charge on any atom is 0.173 e. The van der Waals surface area contributed by atoms with E-state index in [1.807, 2.05) is 13.9 Å². The molecular formula is C15H12BFN2O2. The molecule has 0 spiro atoms. The fraction of sp³-hybridized carbons (Fsp3) is 0.0667. The van der Waals surface area contributed by atoms with Gasteiger partial charge in [-0.3, -0.25) is 9.97 Å². The fourth-order valence-corrected chi connectivity index (χ4v) is 2.34. The number of aromatic nitrogens is 2. The van der Waals surface area contributed by atoms with Crippen molar-refractivity contribution in [3.05, 3.63) is 42.5 Å². The van der Waals surface area contributed by atoms with Gasteiger partial charge in [0.2, 0.25) is 0 Å². The van der Waals surface area contributed by atoms with Crippen LogP contribution in [0.3, 0.4) is 0 Å². The van der Waals surface area contributed by atoms with Gasteiger partial charge in [-0.05, 0) is 6.07 Å². The number of nitrogens with zero attached hydrogens (tertiary/aromatic N) is 2. The first-order valence-corrected chi connectivity index (χ1v) is 6.39. The summed E-state index contributed by atoms with van der Waals surface area (Å²) in [7, 11) is 3.27. The van der Waals surface area contributed by atoms with Gasteiger partial charge in [-0.1, -0.05) is 17.6 Å². The summed E-state index contributed by atoms with van der Waals surface area (Å²) in [5, 5.41) is 9.75. The fourth-order valence-electron chi connectivity index (χ4n) is 2.34. The number of halogens is 1. The summed E-state index contributed by atoms with van der Waals surface area (Å²) in [5.41, 5.74) is 3.04. The number of phenols is 1. The lowest BCUT2D eigenvalue weighted by Crippen LogP contribution is -2.07. The van der Waals surface area contributed by atoms with Crippen LogP contribution in [0.2, 0.25) is 0 Å². The summed E-state index contributed by atoms with van der Waals surface area (Å²) >= 11 is 0. The minimum atomic E-state index is -0.536. The zero-order valence-electron chi connectivity index (χ0n) is 11.6. The summed E-state index contributed by atoms with van der Waals surface area (Å²) in [6.45, 7) is 0. The molecule has 3 aromatic rings. The van der Waals surface area contributed by atoms with Crippen molar-refractivity contribution in [3.8, 4) is 22.6 Å². The molecule has 0 atom stereocenters. The van der Waals surface area contributed by atoms with Crippen LogP contribution in [0.1, 0.15) is 0 Å². The monoisotopic (exact) mass is 282 g/mol. The number of aromatic hydroxyl groups is 1. The van der Waals surface area contributed by atoms with E-state index >= 15 is 0 Å². The van der Waals surface area contributed by atoms with Crippen molar-refractivity contribution >= 4 is 24.3 Å². The third kappa shape index (κ3) is 2.18. The molecule has 0 saturated carbocycles. The Morgan fingerprint density at radius 3 is 2.52 bits per heavy atom. The molecule has 0 amide bonds. The zero-order valence-corrected chi connectivity index (χ0v) is 11.6. The predicted molar refractivity (Wildman–Crippen MR) is 81.3 cm³/mol. The number of ether oxygens (including phenoxy) is 1. The third-order valence-corrected chi connectivity index (χ3v) is 3.36. The molecule has 0 aliphatic heterocycles. The van der Waals surface area contributed by atoms with Crippen molar-refractivity contribution < 1.29 is 14.2 Å². The van der Waals surface area contributed by atoms with Crippen LogP contribution in [0.25, 0.3) is 22.2 Å². The van der Waals surface area contributed by atoms with Crippen molar-refractivity contribution in [2.24, 2.45) is 0 Å². The van der Waals surface area contributed by atoms with E-state index in [4.69, 9.17) is 4.74 Å². The lowest BCUT2D eigenvalue weighted by Gasteiger charge is -2.11. The van der Waals surface area contributed by atoms with Crippen molar-refractivity contribution in [1.82, 2.24) is 9.97 Å². The number of rotatable bonds is 2. The Balaban J connectivity index is 2.36. The molecule has 0 unspecified atom stereocenters. The van der Waals surface area contributed by atoms with Crippen LogP contribution in [0.4, 0.5) is 4.39 Å². The van der Waals surface area contributed by atoms with Crippen LogP contribution < -0.4 is 10.2 Å². The minimum Gasteiger partial charge on any atom is -0.508 e. The number of methoxy groups -OCH3 is 1. The van der Waals surface area contributed by atoms with Gasteiger partial charge in [-0.15, -0.1) is 0 Å². The Morgan fingerprint density at radius 1 is 1.10 bits per heavy atom. The van der Waals surface area contributed by atoms with E-state index in [1.165, 1.54) is 19.2 Å². The van der Waals surface area contributed by atoms with Gasteiger partial charge in [0.05, 0.1) is 18.1 Å². The minimum absolute atomic E-state index is 0.0115. The second kappa shape index (κ2) is 5.05. The summed E-state index contributed by atoms with van der Waals surface area (Å²) < 4.78 is 19.4. The van der Waals surface area contributed by atoms with E-state index in [2.05, 4.69) is 9.97 Å². The van der Waals surface area contributed by atoms with Gasteiger partial charge < -0.3 is 9.84 Å². The smallest absolute Gasteiger partial charge is 0.173 e. The normalized spacial score (nSPS) is 10.8. The molecule has 1 aromatic heterocycles. The molecule has 3 rings (SSSR count). The molecule has 0 bridgehead atoms. The van der Waals surface area contributed by atoms with E-state index in [1.54, 1.807) is 18.5 Å². The van der Waals surface area contributed by atoms with Gasteiger partial charge in [0.15, 0.2) is 11.6 Å². The Labute approximate surface area is 121 Å². The lowest BCUT2D eigenvalue weighted by molar-refractivity contribution is 0.381. The van der Waals surface area contributed by atoms with E-state index in [0.717, 1.165) is 5.46 Å². The van der Waals surface area contributed by atoms with Gasteiger partial charge in [0.25, 0.3) is 0 Å². The Bertz CT molecular complexity index is 839. The summed E-state index contributed by atoms with van der Waals surface area (Å²) in [6, 6.07) is 6.21. The maximum absolute atomic E-state index is 14.5. The number of benzene rings is 2. The molecule has 104 valence electrons. The van der Waals surface area contributed by atoms with Crippen LogP contribution in [-0.4, -0.2) is 30.0 Å². The van der Waals surface area contributed by atoms with Crippen molar-refractivity contribution in [3.63, 3.8) is 0 Å². The highest BCUT2D eigenvalue weighted by Crippen LogP contribution is 2.35. The Hall–Kier alpha value is -2.63. The van der Waals surface area contributed by atoms with Gasteiger partial charge in [0.1, 0.15) is 13.6 Å². The molecule has 0 fully saturated rings. The van der Waals surface area contributed by atoms with E-state index in [-0.39, 0.29) is 17.1 Å². The van der Waals surface area contributed by atoms with Crippen molar-refractivity contribution in [2.75, 3.05) is 7.11 Å². The zero-order chi connectivity index (χ0) is 15.0. The first-order chi connectivity index (χ1) is 10.1. The molecule has 4 nitrogen and oxygen atoms in total. The van der Waals surface area contributed by atoms with Crippen LogP contribution in [0, 0.1) is 5.82 Å².